The normalized spacial score (nSPS) is 19.4. The molecule has 1 saturated heterocycles. The van der Waals surface area contributed by atoms with Gasteiger partial charge in [-0.05, 0) is 45.2 Å². The van der Waals surface area contributed by atoms with Crippen LogP contribution in [0.4, 0.5) is 0 Å². The first-order valence-corrected chi connectivity index (χ1v) is 10.8. The molecule has 0 spiro atoms. The van der Waals surface area contributed by atoms with Gasteiger partial charge in [-0.25, -0.2) is 0 Å². The zero-order valence-electron chi connectivity index (χ0n) is 16.2. The summed E-state index contributed by atoms with van der Waals surface area (Å²) in [5.74, 6) is 1.62. The Labute approximate surface area is 172 Å². The molecule has 2 heterocycles. The molecule has 1 atom stereocenters. The van der Waals surface area contributed by atoms with Gasteiger partial charge < -0.3 is 15.2 Å². The Balaban J connectivity index is 0.00000261. The third kappa shape index (κ3) is 5.72. The largest absolute Gasteiger partial charge is 0.352 e. The average molecular weight is 414 g/mol. The second-order valence-corrected chi connectivity index (χ2v) is 8.44. The van der Waals surface area contributed by atoms with Gasteiger partial charge in [-0.3, -0.25) is 4.79 Å². The zero-order valence-corrected chi connectivity index (χ0v) is 17.8. The highest BCUT2D eigenvalue weighted by molar-refractivity contribution is 8.00. The smallest absolute Gasteiger partial charge is 0.233 e. The SMILES string of the molecule is C=CCn1c(SC(CC)C(=O)NC2CCCC2)nnc1C1CCNCC1.Cl. The summed E-state index contributed by atoms with van der Waals surface area (Å²) in [4.78, 5) is 12.7. The van der Waals surface area contributed by atoms with E-state index in [-0.39, 0.29) is 23.6 Å². The fourth-order valence-corrected chi connectivity index (χ4v) is 4.86. The number of carbonyl (C=O) groups excluding carboxylic acids is 1. The van der Waals surface area contributed by atoms with E-state index in [4.69, 9.17) is 0 Å². The number of hydrogen-bond acceptors (Lipinski definition) is 5. The molecule has 2 fully saturated rings. The average Bonchev–Trinajstić information content (AvgIpc) is 3.31. The molecule has 8 heteroatoms. The Kier molecular flexibility index (Phi) is 9.12. The van der Waals surface area contributed by atoms with Crippen molar-refractivity contribution in [3.63, 3.8) is 0 Å². The molecule has 1 aromatic heterocycles. The number of hydrogen-bond donors (Lipinski definition) is 2. The van der Waals surface area contributed by atoms with Gasteiger partial charge in [-0.1, -0.05) is 37.6 Å². The third-order valence-electron chi connectivity index (χ3n) is 5.37. The number of amides is 1. The molecule has 1 amide bonds. The maximum absolute atomic E-state index is 12.7. The van der Waals surface area contributed by atoms with Crippen molar-refractivity contribution in [2.75, 3.05) is 13.1 Å². The van der Waals surface area contributed by atoms with E-state index >= 15 is 0 Å². The monoisotopic (exact) mass is 413 g/mol. The van der Waals surface area contributed by atoms with Gasteiger partial charge in [-0.2, -0.15) is 0 Å². The van der Waals surface area contributed by atoms with Crippen molar-refractivity contribution in [2.24, 2.45) is 0 Å². The first-order chi connectivity index (χ1) is 12.7. The van der Waals surface area contributed by atoms with Crippen LogP contribution in [0.1, 0.15) is 63.6 Å². The lowest BCUT2D eigenvalue weighted by atomic mass is 9.97. The molecule has 2 aliphatic rings. The molecule has 0 bridgehead atoms. The number of rotatable bonds is 8. The predicted octanol–water partition coefficient (Wildman–Crippen LogP) is 3.28. The Hall–Kier alpha value is -1.05. The molecule has 0 radical (unpaired) electrons. The molecule has 3 rings (SSSR count). The number of halogens is 1. The molecule has 1 aliphatic carbocycles. The maximum Gasteiger partial charge on any atom is 0.233 e. The lowest BCUT2D eigenvalue weighted by Gasteiger charge is -2.23. The molecule has 1 aromatic rings. The number of piperidine rings is 1. The number of carbonyl (C=O) groups is 1. The van der Waals surface area contributed by atoms with Gasteiger partial charge >= 0.3 is 0 Å². The summed E-state index contributed by atoms with van der Waals surface area (Å²) in [5.41, 5.74) is 0. The summed E-state index contributed by atoms with van der Waals surface area (Å²) in [6, 6.07) is 0.355. The van der Waals surface area contributed by atoms with Crippen LogP contribution < -0.4 is 10.6 Å². The Bertz CT molecular complexity index is 611. The first kappa shape index (κ1) is 22.2. The second kappa shape index (κ2) is 11.1. The fraction of sp³-hybridized carbons (Fsp3) is 0.737. The number of aromatic nitrogens is 3. The Morgan fingerprint density at radius 2 is 2.04 bits per heavy atom. The van der Waals surface area contributed by atoms with Crippen LogP contribution in [0, 0.1) is 0 Å². The highest BCUT2D eigenvalue weighted by atomic mass is 35.5. The van der Waals surface area contributed by atoms with Crippen molar-refractivity contribution in [2.45, 2.75) is 80.8 Å². The summed E-state index contributed by atoms with van der Waals surface area (Å²) < 4.78 is 2.15. The lowest BCUT2D eigenvalue weighted by Crippen LogP contribution is -2.38. The summed E-state index contributed by atoms with van der Waals surface area (Å²) in [6.07, 6.45) is 9.51. The van der Waals surface area contributed by atoms with Crippen LogP contribution in [0.15, 0.2) is 17.8 Å². The molecule has 1 saturated carbocycles. The molecular formula is C19H32ClN5OS. The molecule has 2 N–H and O–H groups in total. The van der Waals surface area contributed by atoms with E-state index in [1.54, 1.807) is 11.8 Å². The quantitative estimate of drug-likeness (QED) is 0.505. The van der Waals surface area contributed by atoms with Crippen LogP contribution in [-0.2, 0) is 11.3 Å². The molecule has 0 aromatic carbocycles. The van der Waals surface area contributed by atoms with Crippen molar-refractivity contribution >= 4 is 30.1 Å². The third-order valence-corrected chi connectivity index (χ3v) is 6.72. The van der Waals surface area contributed by atoms with E-state index < -0.39 is 0 Å². The lowest BCUT2D eigenvalue weighted by molar-refractivity contribution is -0.121. The Morgan fingerprint density at radius 3 is 2.67 bits per heavy atom. The summed E-state index contributed by atoms with van der Waals surface area (Å²) in [6.45, 7) is 8.69. The molecule has 27 heavy (non-hydrogen) atoms. The first-order valence-electron chi connectivity index (χ1n) is 9.94. The van der Waals surface area contributed by atoms with Crippen molar-refractivity contribution < 1.29 is 4.79 Å². The van der Waals surface area contributed by atoms with Gasteiger partial charge in [0, 0.05) is 18.5 Å². The number of nitrogens with zero attached hydrogens (tertiary/aromatic N) is 3. The van der Waals surface area contributed by atoms with Crippen molar-refractivity contribution in [1.29, 1.82) is 0 Å². The molecular weight excluding hydrogens is 382 g/mol. The van der Waals surface area contributed by atoms with E-state index in [1.165, 1.54) is 12.8 Å². The van der Waals surface area contributed by atoms with Gasteiger partial charge in [0.15, 0.2) is 5.16 Å². The van der Waals surface area contributed by atoms with Crippen LogP contribution in [-0.4, -0.2) is 45.1 Å². The van der Waals surface area contributed by atoms with Crippen LogP contribution in [0.25, 0.3) is 0 Å². The summed E-state index contributed by atoms with van der Waals surface area (Å²) >= 11 is 1.55. The molecule has 6 nitrogen and oxygen atoms in total. The van der Waals surface area contributed by atoms with Gasteiger partial charge in [0.05, 0.1) is 5.25 Å². The van der Waals surface area contributed by atoms with E-state index in [0.29, 0.717) is 18.5 Å². The Morgan fingerprint density at radius 1 is 1.33 bits per heavy atom. The van der Waals surface area contributed by atoms with Crippen LogP contribution >= 0.6 is 24.2 Å². The zero-order chi connectivity index (χ0) is 18.4. The van der Waals surface area contributed by atoms with Gasteiger partial charge in [-0.15, -0.1) is 29.2 Å². The van der Waals surface area contributed by atoms with E-state index in [2.05, 4.69) is 38.9 Å². The minimum atomic E-state index is -0.121. The fourth-order valence-electron chi connectivity index (χ4n) is 3.88. The molecule has 1 aliphatic heterocycles. The summed E-state index contributed by atoms with van der Waals surface area (Å²) in [5, 5.41) is 16.3. The standard InChI is InChI=1S/C19H31N5OS.ClH/c1-3-13-24-17(14-9-11-20-12-10-14)22-23-19(24)26-16(4-2)18(25)21-15-7-5-6-8-15;/h3,14-16,20H,1,4-13H2,2H3,(H,21,25);1H. The van der Waals surface area contributed by atoms with Crippen molar-refractivity contribution in [3.8, 4) is 0 Å². The minimum Gasteiger partial charge on any atom is -0.352 e. The minimum absolute atomic E-state index is 0. The van der Waals surface area contributed by atoms with Gasteiger partial charge in [0.25, 0.3) is 0 Å². The molecule has 1 unspecified atom stereocenters. The number of allylic oxidation sites excluding steroid dienone is 1. The second-order valence-electron chi connectivity index (χ2n) is 7.27. The topological polar surface area (TPSA) is 71.8 Å². The number of thioether (sulfide) groups is 1. The number of nitrogens with one attached hydrogen (secondary N) is 2. The molecule has 152 valence electrons. The van der Waals surface area contributed by atoms with E-state index in [0.717, 1.165) is 56.2 Å². The summed E-state index contributed by atoms with van der Waals surface area (Å²) in [7, 11) is 0. The predicted molar refractivity (Wildman–Crippen MR) is 113 cm³/mol. The van der Waals surface area contributed by atoms with Crippen molar-refractivity contribution in [1.82, 2.24) is 25.4 Å². The van der Waals surface area contributed by atoms with Crippen LogP contribution in [0.3, 0.4) is 0 Å². The van der Waals surface area contributed by atoms with Crippen LogP contribution in [0.2, 0.25) is 0 Å². The van der Waals surface area contributed by atoms with Crippen LogP contribution in [0.5, 0.6) is 0 Å². The van der Waals surface area contributed by atoms with Gasteiger partial charge in [0.2, 0.25) is 5.91 Å². The highest BCUT2D eigenvalue weighted by Crippen LogP contribution is 2.30. The van der Waals surface area contributed by atoms with Crippen molar-refractivity contribution in [3.05, 3.63) is 18.5 Å². The maximum atomic E-state index is 12.7. The highest BCUT2D eigenvalue weighted by Gasteiger charge is 2.27. The van der Waals surface area contributed by atoms with E-state index in [9.17, 15) is 4.79 Å². The van der Waals surface area contributed by atoms with Gasteiger partial charge in [0.1, 0.15) is 5.82 Å². The van der Waals surface area contributed by atoms with E-state index in [1.807, 2.05) is 6.08 Å².